The Morgan fingerprint density at radius 1 is 1.05 bits per heavy atom. The number of rotatable bonds is 4. The molecule has 2 aromatic rings. The van der Waals surface area contributed by atoms with Crippen molar-refractivity contribution in [2.45, 2.75) is 32.5 Å². The molecule has 1 aliphatic rings. The van der Waals surface area contributed by atoms with Crippen molar-refractivity contribution < 1.29 is 0 Å². The Kier molecular flexibility index (Phi) is 4.37. The number of fused-ring (bicyclic) bond motifs is 1. The molecule has 0 spiro atoms. The molecule has 0 saturated heterocycles. The lowest BCUT2D eigenvalue weighted by Crippen LogP contribution is -2.45. The largest absolute Gasteiger partial charge is 0.318 e. The maximum Gasteiger partial charge on any atom is 0.0268 e. The second-order valence-corrected chi connectivity index (χ2v) is 6.02. The summed E-state index contributed by atoms with van der Waals surface area (Å²) in [6, 6.07) is 18.2. The summed E-state index contributed by atoms with van der Waals surface area (Å²) in [6.45, 7) is 5.34. The van der Waals surface area contributed by atoms with E-state index in [1.54, 1.807) is 0 Å². The smallest absolute Gasteiger partial charge is 0.0268 e. The minimum atomic E-state index is 0.574. The molecule has 110 valence electrons. The van der Waals surface area contributed by atoms with Gasteiger partial charge >= 0.3 is 0 Å². The van der Waals surface area contributed by atoms with E-state index in [1.165, 1.54) is 22.3 Å². The summed E-state index contributed by atoms with van der Waals surface area (Å²) in [5, 5.41) is 3.36. The summed E-state index contributed by atoms with van der Waals surface area (Å²) in [5.74, 6) is 0. The minimum absolute atomic E-state index is 0.574. The topological polar surface area (TPSA) is 15.3 Å². The molecular weight excluding hydrogens is 256 g/mol. The molecule has 0 aromatic heterocycles. The zero-order chi connectivity index (χ0) is 14.7. The van der Waals surface area contributed by atoms with E-state index in [0.717, 1.165) is 26.1 Å². The van der Waals surface area contributed by atoms with Gasteiger partial charge in [0, 0.05) is 25.7 Å². The van der Waals surface area contributed by atoms with Crippen LogP contribution in [0.5, 0.6) is 0 Å². The van der Waals surface area contributed by atoms with Crippen LogP contribution in [0.3, 0.4) is 0 Å². The van der Waals surface area contributed by atoms with E-state index in [4.69, 9.17) is 0 Å². The molecule has 1 atom stereocenters. The first-order valence-corrected chi connectivity index (χ1v) is 7.78. The Balaban J connectivity index is 1.84. The number of likely N-dealkylation sites (N-methyl/N-ethyl adjacent to an activating group) is 1. The second kappa shape index (κ2) is 6.42. The third-order valence-electron chi connectivity index (χ3n) is 4.54. The SMILES string of the molecule is CNC[C@H]1Cc2ccccc2CN1Cc1ccccc1C. The van der Waals surface area contributed by atoms with Crippen LogP contribution in [0.25, 0.3) is 0 Å². The molecule has 2 nitrogen and oxygen atoms in total. The summed E-state index contributed by atoms with van der Waals surface area (Å²) in [7, 11) is 2.05. The van der Waals surface area contributed by atoms with Crippen LogP contribution in [0.4, 0.5) is 0 Å². The molecule has 3 rings (SSSR count). The quantitative estimate of drug-likeness (QED) is 0.925. The molecule has 0 aliphatic carbocycles. The molecule has 21 heavy (non-hydrogen) atoms. The van der Waals surface area contributed by atoms with Gasteiger partial charge in [0.1, 0.15) is 0 Å². The molecular formula is C19H24N2. The standard InChI is InChI=1S/C19H24N2/c1-15-7-3-4-9-17(15)13-21-14-18-10-6-5-8-16(18)11-19(21)12-20-2/h3-10,19-20H,11-14H2,1-2H3/t19-/m1/s1. The van der Waals surface area contributed by atoms with Gasteiger partial charge in [0.25, 0.3) is 0 Å². The van der Waals surface area contributed by atoms with Crippen molar-refractivity contribution in [1.82, 2.24) is 10.2 Å². The van der Waals surface area contributed by atoms with Crippen molar-refractivity contribution in [2.75, 3.05) is 13.6 Å². The predicted molar refractivity (Wildman–Crippen MR) is 88.3 cm³/mol. The van der Waals surface area contributed by atoms with Gasteiger partial charge < -0.3 is 5.32 Å². The zero-order valence-corrected chi connectivity index (χ0v) is 13.0. The molecule has 1 heterocycles. The lowest BCUT2D eigenvalue weighted by molar-refractivity contribution is 0.160. The summed E-state index contributed by atoms with van der Waals surface area (Å²) < 4.78 is 0. The molecule has 1 aliphatic heterocycles. The van der Waals surface area contributed by atoms with Gasteiger partial charge in [-0.1, -0.05) is 48.5 Å². The van der Waals surface area contributed by atoms with Crippen molar-refractivity contribution in [3.63, 3.8) is 0 Å². The third-order valence-corrected chi connectivity index (χ3v) is 4.54. The van der Waals surface area contributed by atoms with Crippen molar-refractivity contribution in [1.29, 1.82) is 0 Å². The van der Waals surface area contributed by atoms with Gasteiger partial charge in [-0.05, 0) is 42.6 Å². The van der Waals surface area contributed by atoms with E-state index in [-0.39, 0.29) is 0 Å². The van der Waals surface area contributed by atoms with Crippen LogP contribution in [-0.2, 0) is 19.5 Å². The maximum atomic E-state index is 3.36. The minimum Gasteiger partial charge on any atom is -0.318 e. The lowest BCUT2D eigenvalue weighted by Gasteiger charge is -2.37. The van der Waals surface area contributed by atoms with Crippen LogP contribution in [0.2, 0.25) is 0 Å². The van der Waals surface area contributed by atoms with Gasteiger partial charge in [0.05, 0.1) is 0 Å². The van der Waals surface area contributed by atoms with Gasteiger partial charge in [0.2, 0.25) is 0 Å². The molecule has 2 aromatic carbocycles. The van der Waals surface area contributed by atoms with E-state index in [1.807, 2.05) is 7.05 Å². The van der Waals surface area contributed by atoms with Crippen LogP contribution in [0, 0.1) is 6.92 Å². The first-order valence-electron chi connectivity index (χ1n) is 7.78. The fraction of sp³-hybridized carbons (Fsp3) is 0.368. The summed E-state index contributed by atoms with van der Waals surface area (Å²) >= 11 is 0. The van der Waals surface area contributed by atoms with Crippen molar-refractivity contribution in [2.24, 2.45) is 0 Å². The van der Waals surface area contributed by atoms with Crippen LogP contribution < -0.4 is 5.32 Å². The summed E-state index contributed by atoms with van der Waals surface area (Å²) in [6.07, 6.45) is 1.14. The van der Waals surface area contributed by atoms with E-state index in [2.05, 4.69) is 65.7 Å². The average molecular weight is 280 g/mol. The van der Waals surface area contributed by atoms with Gasteiger partial charge in [0.15, 0.2) is 0 Å². The van der Waals surface area contributed by atoms with Crippen molar-refractivity contribution in [3.05, 3.63) is 70.8 Å². The number of hydrogen-bond donors (Lipinski definition) is 1. The maximum absolute atomic E-state index is 3.36. The van der Waals surface area contributed by atoms with E-state index in [9.17, 15) is 0 Å². The van der Waals surface area contributed by atoms with Gasteiger partial charge in [-0.25, -0.2) is 0 Å². The molecule has 0 unspecified atom stereocenters. The number of nitrogens with zero attached hydrogens (tertiary/aromatic N) is 1. The van der Waals surface area contributed by atoms with Gasteiger partial charge in [-0.2, -0.15) is 0 Å². The highest BCUT2D eigenvalue weighted by Gasteiger charge is 2.25. The van der Waals surface area contributed by atoms with E-state index < -0.39 is 0 Å². The molecule has 0 amide bonds. The van der Waals surface area contributed by atoms with Crippen LogP contribution in [-0.4, -0.2) is 24.5 Å². The number of aryl methyl sites for hydroxylation is 1. The molecule has 0 radical (unpaired) electrons. The zero-order valence-electron chi connectivity index (χ0n) is 13.0. The molecule has 1 N–H and O–H groups in total. The first-order chi connectivity index (χ1) is 10.3. The monoisotopic (exact) mass is 280 g/mol. The molecule has 2 heteroatoms. The number of hydrogen-bond acceptors (Lipinski definition) is 2. The third kappa shape index (κ3) is 3.17. The highest BCUT2D eigenvalue weighted by molar-refractivity contribution is 5.31. The lowest BCUT2D eigenvalue weighted by atomic mass is 9.93. The molecule has 0 saturated carbocycles. The average Bonchev–Trinajstić information content (AvgIpc) is 2.50. The number of benzene rings is 2. The van der Waals surface area contributed by atoms with Gasteiger partial charge in [-0.15, -0.1) is 0 Å². The van der Waals surface area contributed by atoms with Crippen LogP contribution in [0.15, 0.2) is 48.5 Å². The molecule has 0 bridgehead atoms. The highest BCUT2D eigenvalue weighted by atomic mass is 15.2. The predicted octanol–water partition coefficient (Wildman–Crippen LogP) is 3.14. The Hall–Kier alpha value is -1.64. The van der Waals surface area contributed by atoms with Crippen molar-refractivity contribution >= 4 is 0 Å². The van der Waals surface area contributed by atoms with Crippen LogP contribution in [0.1, 0.15) is 22.3 Å². The van der Waals surface area contributed by atoms with Crippen molar-refractivity contribution in [3.8, 4) is 0 Å². The first kappa shape index (κ1) is 14.3. The highest BCUT2D eigenvalue weighted by Crippen LogP contribution is 2.25. The normalized spacial score (nSPS) is 18.5. The van der Waals surface area contributed by atoms with E-state index >= 15 is 0 Å². The Labute approximate surface area is 127 Å². The van der Waals surface area contributed by atoms with E-state index in [0.29, 0.717) is 6.04 Å². The van der Waals surface area contributed by atoms with Gasteiger partial charge in [-0.3, -0.25) is 4.90 Å². The fourth-order valence-electron chi connectivity index (χ4n) is 3.27. The Bertz CT molecular complexity index is 606. The summed E-state index contributed by atoms with van der Waals surface area (Å²) in [5.41, 5.74) is 5.83. The Morgan fingerprint density at radius 3 is 2.52 bits per heavy atom. The fourth-order valence-corrected chi connectivity index (χ4v) is 3.27. The van der Waals surface area contributed by atoms with Crippen LogP contribution >= 0.6 is 0 Å². The molecule has 0 fully saturated rings. The Morgan fingerprint density at radius 2 is 1.76 bits per heavy atom. The summed E-state index contributed by atoms with van der Waals surface area (Å²) in [4.78, 5) is 2.61. The number of nitrogens with one attached hydrogen (secondary N) is 1. The second-order valence-electron chi connectivity index (χ2n) is 6.02.